The average molecular weight is 446 g/mol. The first-order valence-corrected chi connectivity index (χ1v) is 12.4. The molecule has 1 aliphatic rings. The number of nitrogens with zero attached hydrogens (tertiary/aromatic N) is 4. The maximum absolute atomic E-state index is 10.8. The summed E-state index contributed by atoms with van der Waals surface area (Å²) in [6.45, 7) is 0. The number of carbonyl (C=O) groups is 1. The van der Waals surface area contributed by atoms with Crippen molar-refractivity contribution in [2.75, 3.05) is 5.73 Å². The van der Waals surface area contributed by atoms with Crippen molar-refractivity contribution in [3.05, 3.63) is 12.7 Å². The first-order valence-electron chi connectivity index (χ1n) is 8.31. The molecule has 0 bridgehead atoms. The summed E-state index contributed by atoms with van der Waals surface area (Å²) >= 11 is -1.25. The number of fused-ring (bicyclic) bond motifs is 1. The zero-order chi connectivity index (χ0) is 19.7. The van der Waals surface area contributed by atoms with Crippen LogP contribution in [0.5, 0.6) is 0 Å². The molecule has 0 aliphatic carbocycles. The Morgan fingerprint density at radius 1 is 1.37 bits per heavy atom. The van der Waals surface area contributed by atoms with Crippen molar-refractivity contribution in [1.82, 2.24) is 19.5 Å². The van der Waals surface area contributed by atoms with E-state index in [1.807, 2.05) is 5.82 Å². The Kier molecular flexibility index (Phi) is 5.94. The van der Waals surface area contributed by atoms with Gasteiger partial charge in [0.15, 0.2) is 0 Å². The van der Waals surface area contributed by atoms with E-state index in [1.54, 1.807) is 0 Å². The van der Waals surface area contributed by atoms with E-state index in [1.165, 1.54) is 17.2 Å². The molecule has 0 amide bonds. The van der Waals surface area contributed by atoms with Crippen LogP contribution < -0.4 is 11.5 Å². The van der Waals surface area contributed by atoms with Crippen LogP contribution >= 0.6 is 0 Å². The molecule has 148 valence electrons. The van der Waals surface area contributed by atoms with Crippen molar-refractivity contribution in [3.8, 4) is 0 Å². The summed E-state index contributed by atoms with van der Waals surface area (Å²) in [6, 6.07) is -0.883. The molecule has 0 aromatic carbocycles. The molecule has 6 atom stereocenters. The third kappa shape index (κ3) is 4.05. The molecule has 1 saturated heterocycles. The number of hydrogen-bond acceptors (Lipinski definition) is 9. The van der Waals surface area contributed by atoms with Crippen LogP contribution in [0.4, 0.5) is 5.82 Å². The van der Waals surface area contributed by atoms with Crippen molar-refractivity contribution in [2.45, 2.75) is 53.5 Å². The maximum atomic E-state index is 10.8. The number of ether oxygens (including phenoxy) is 1. The van der Waals surface area contributed by atoms with Gasteiger partial charge in [-0.1, -0.05) is 0 Å². The third-order valence-corrected chi connectivity index (χ3v) is 8.38. The van der Waals surface area contributed by atoms with Crippen molar-refractivity contribution in [3.63, 3.8) is 0 Å². The van der Waals surface area contributed by atoms with Gasteiger partial charge in [0.2, 0.25) is 0 Å². The molecule has 1 aliphatic heterocycles. The van der Waals surface area contributed by atoms with Gasteiger partial charge in [0.1, 0.15) is 0 Å². The van der Waals surface area contributed by atoms with Crippen LogP contribution in [0.15, 0.2) is 12.7 Å². The topological polar surface area (TPSA) is 183 Å². The summed E-state index contributed by atoms with van der Waals surface area (Å²) in [5.41, 5.74) is 12.1. The number of hydrogen-bond donors (Lipinski definition) is 5. The molecule has 0 radical (unpaired) electrons. The number of aliphatic hydroxyl groups is 2. The van der Waals surface area contributed by atoms with Crippen LogP contribution in [-0.4, -0.2) is 79.1 Å². The first kappa shape index (κ1) is 19.9. The average Bonchev–Trinajstić information content (AvgIpc) is 3.17. The standard InChI is InChI=1S/C15H22N6O5Se/c1-27(3-2-7(16)15(24)25)4-8-10(22)11(23)14(26-8)21-6-20-9-12(17)18-5-19-13(9)21/h5-8,10-11,14,22-23H,2-4,16H2,1H3,(H2-,17,18,19,24,25)/p+1/t7-,8+,10+,11+,14+,27?/m0/s1. The van der Waals surface area contributed by atoms with Gasteiger partial charge in [-0.2, -0.15) is 0 Å². The molecule has 1 unspecified atom stereocenters. The third-order valence-electron chi connectivity index (χ3n) is 4.54. The SMILES string of the molecule is C[Se+](CC[C@H](N)C(=O)O)C[C@H]1O[C@@H](n2cnc3c(N)ncnc32)[C@H](O)[C@@H]1O. The summed E-state index contributed by atoms with van der Waals surface area (Å²) in [4.78, 5) is 23.0. The zero-order valence-electron chi connectivity index (χ0n) is 14.7. The molecule has 3 heterocycles. The van der Waals surface area contributed by atoms with Crippen LogP contribution in [-0.2, 0) is 9.53 Å². The van der Waals surface area contributed by atoms with Crippen molar-refractivity contribution < 1.29 is 24.9 Å². The molecule has 27 heavy (non-hydrogen) atoms. The first-order chi connectivity index (χ1) is 12.8. The Labute approximate surface area is 159 Å². The molecule has 12 heteroatoms. The molecule has 7 N–H and O–H groups in total. The van der Waals surface area contributed by atoms with Gasteiger partial charge >= 0.3 is 159 Å². The molecule has 1 fully saturated rings. The number of aromatic nitrogens is 4. The Morgan fingerprint density at radius 3 is 2.81 bits per heavy atom. The van der Waals surface area contributed by atoms with Crippen molar-refractivity contribution >= 4 is 36.9 Å². The van der Waals surface area contributed by atoms with Crippen LogP contribution in [0.1, 0.15) is 12.6 Å². The van der Waals surface area contributed by atoms with Gasteiger partial charge in [-0.15, -0.1) is 0 Å². The number of carboxylic acid groups (broad SMARTS) is 1. The van der Waals surface area contributed by atoms with Gasteiger partial charge < -0.3 is 0 Å². The second-order valence-electron chi connectivity index (χ2n) is 6.51. The number of nitrogens with two attached hydrogens (primary N) is 2. The number of aliphatic hydroxyl groups excluding tert-OH is 2. The number of nitrogen functional groups attached to an aromatic ring is 1. The van der Waals surface area contributed by atoms with Gasteiger partial charge in [0.25, 0.3) is 0 Å². The fourth-order valence-electron chi connectivity index (χ4n) is 2.97. The number of imidazole rings is 1. The van der Waals surface area contributed by atoms with Gasteiger partial charge in [-0.05, 0) is 0 Å². The van der Waals surface area contributed by atoms with E-state index in [0.29, 0.717) is 28.2 Å². The van der Waals surface area contributed by atoms with Gasteiger partial charge in [0.05, 0.1) is 0 Å². The molecule has 3 rings (SSSR count). The van der Waals surface area contributed by atoms with Gasteiger partial charge in [-0.25, -0.2) is 0 Å². The van der Waals surface area contributed by atoms with E-state index < -0.39 is 50.5 Å². The summed E-state index contributed by atoms with van der Waals surface area (Å²) in [5.74, 6) is 1.25. The van der Waals surface area contributed by atoms with Crippen LogP contribution in [0.25, 0.3) is 11.2 Å². The summed E-state index contributed by atoms with van der Waals surface area (Å²) < 4.78 is 7.44. The minimum atomic E-state index is -1.25. The van der Waals surface area contributed by atoms with E-state index in [9.17, 15) is 15.0 Å². The zero-order valence-corrected chi connectivity index (χ0v) is 16.4. The predicted molar refractivity (Wildman–Crippen MR) is 97.1 cm³/mol. The molecular weight excluding hydrogens is 423 g/mol. The van der Waals surface area contributed by atoms with E-state index in [0.717, 1.165) is 0 Å². The summed E-state index contributed by atoms with van der Waals surface area (Å²) in [7, 11) is 0. The molecule has 0 spiro atoms. The Bertz CT molecular complexity index is 819. The second-order valence-corrected chi connectivity index (χ2v) is 11.3. The van der Waals surface area contributed by atoms with E-state index in [4.69, 9.17) is 21.3 Å². The predicted octanol–water partition coefficient (Wildman–Crippen LogP) is -1.05. The van der Waals surface area contributed by atoms with E-state index >= 15 is 0 Å². The van der Waals surface area contributed by atoms with Crippen LogP contribution in [0.3, 0.4) is 0 Å². The number of aliphatic carboxylic acids is 1. The Balaban J connectivity index is 1.68. The Morgan fingerprint density at radius 2 is 2.11 bits per heavy atom. The molecular formula is C15H23N6O5Se+. The molecule has 11 nitrogen and oxygen atoms in total. The van der Waals surface area contributed by atoms with E-state index in [-0.39, 0.29) is 5.82 Å². The van der Waals surface area contributed by atoms with E-state index in [2.05, 4.69) is 15.0 Å². The van der Waals surface area contributed by atoms with Gasteiger partial charge in [-0.3, -0.25) is 0 Å². The molecule has 0 saturated carbocycles. The molecule has 2 aromatic heterocycles. The van der Waals surface area contributed by atoms with Crippen LogP contribution in [0, 0.1) is 0 Å². The summed E-state index contributed by atoms with van der Waals surface area (Å²) in [5, 5.41) is 31.0. The van der Waals surface area contributed by atoms with Crippen molar-refractivity contribution in [2.24, 2.45) is 5.73 Å². The fraction of sp³-hybridized carbons (Fsp3) is 0.600. The Hall–Kier alpha value is -1.82. The van der Waals surface area contributed by atoms with Gasteiger partial charge in [0, 0.05) is 0 Å². The minimum absolute atomic E-state index is 0.221. The fourth-order valence-corrected chi connectivity index (χ4v) is 6.45. The normalized spacial score (nSPS) is 27.7. The van der Waals surface area contributed by atoms with Crippen LogP contribution in [0.2, 0.25) is 16.5 Å². The second kappa shape index (κ2) is 8.05. The summed E-state index contributed by atoms with van der Waals surface area (Å²) in [6.07, 6.45) is -0.486. The monoisotopic (exact) mass is 447 g/mol. The molecule has 2 aromatic rings. The number of rotatable bonds is 7. The number of carboxylic acids is 1. The quantitative estimate of drug-likeness (QED) is 0.329. The van der Waals surface area contributed by atoms with Crippen molar-refractivity contribution in [1.29, 1.82) is 0 Å². The number of anilines is 1.